The maximum atomic E-state index is 14.1. The molecule has 116 valence electrons. The highest BCUT2D eigenvalue weighted by Gasteiger charge is 2.10. The van der Waals surface area contributed by atoms with Crippen molar-refractivity contribution in [3.05, 3.63) is 42.3 Å². The molecule has 0 unspecified atom stereocenters. The molecule has 0 saturated heterocycles. The third kappa shape index (κ3) is 3.12. The van der Waals surface area contributed by atoms with Crippen LogP contribution < -0.4 is 10.5 Å². The minimum atomic E-state index is -1.00. The van der Waals surface area contributed by atoms with Gasteiger partial charge in [0.15, 0.2) is 0 Å². The van der Waals surface area contributed by atoms with Crippen LogP contribution in [0, 0.1) is 5.82 Å². The van der Waals surface area contributed by atoms with Gasteiger partial charge < -0.3 is 10.5 Å². The van der Waals surface area contributed by atoms with Crippen LogP contribution in [0.15, 0.2) is 36.5 Å². The van der Waals surface area contributed by atoms with Gasteiger partial charge in [0.1, 0.15) is 17.3 Å². The van der Waals surface area contributed by atoms with Gasteiger partial charge in [0.2, 0.25) is 5.82 Å². The van der Waals surface area contributed by atoms with Gasteiger partial charge in [-0.2, -0.15) is 4.80 Å². The first-order valence-electron chi connectivity index (χ1n) is 6.50. The van der Waals surface area contributed by atoms with Crippen molar-refractivity contribution in [3.8, 4) is 28.4 Å². The van der Waals surface area contributed by atoms with Crippen molar-refractivity contribution >= 4 is 6.09 Å². The molecule has 0 aliphatic rings. The van der Waals surface area contributed by atoms with Crippen LogP contribution >= 0.6 is 0 Å². The molecule has 0 aliphatic heterocycles. The first-order valence-corrected chi connectivity index (χ1v) is 6.50. The molecule has 2 aromatic heterocycles. The highest BCUT2D eigenvalue weighted by Crippen LogP contribution is 2.26. The van der Waals surface area contributed by atoms with Crippen molar-refractivity contribution in [2.45, 2.75) is 0 Å². The Bertz CT molecular complexity index is 862. The number of nitrogens with two attached hydrogens (primary N) is 1. The number of benzene rings is 1. The van der Waals surface area contributed by atoms with Crippen LogP contribution in [0.1, 0.15) is 0 Å². The van der Waals surface area contributed by atoms with Crippen molar-refractivity contribution in [1.82, 2.24) is 25.2 Å². The number of nitrogens with zero attached hydrogens (tertiary/aromatic N) is 5. The second-order valence-electron chi connectivity index (χ2n) is 4.60. The van der Waals surface area contributed by atoms with Gasteiger partial charge in [-0.1, -0.05) is 6.07 Å². The first-order chi connectivity index (χ1) is 11.0. The lowest BCUT2D eigenvalue weighted by Gasteiger charge is -2.06. The van der Waals surface area contributed by atoms with E-state index in [1.807, 2.05) is 0 Å². The van der Waals surface area contributed by atoms with E-state index in [0.29, 0.717) is 22.6 Å². The Kier molecular flexibility index (Phi) is 3.67. The number of carbonyl (C=O) groups excluding carboxylic acids is 1. The minimum absolute atomic E-state index is 0.0343. The topological polar surface area (TPSA) is 109 Å². The van der Waals surface area contributed by atoms with Crippen molar-refractivity contribution < 1.29 is 13.9 Å². The number of pyridine rings is 1. The average Bonchev–Trinajstić information content (AvgIpc) is 2.94. The average molecular weight is 314 g/mol. The van der Waals surface area contributed by atoms with Gasteiger partial charge in [-0.15, -0.1) is 10.2 Å². The second-order valence-corrected chi connectivity index (χ2v) is 4.60. The van der Waals surface area contributed by atoms with Gasteiger partial charge in [-0.3, -0.25) is 4.98 Å². The molecule has 9 heteroatoms. The summed E-state index contributed by atoms with van der Waals surface area (Å²) >= 11 is 0. The molecule has 3 rings (SSSR count). The molecule has 0 radical (unpaired) electrons. The number of tetrazole rings is 1. The minimum Gasteiger partial charge on any atom is -0.410 e. The smallest absolute Gasteiger partial charge is 0.409 e. The number of primary amides is 1. The number of aromatic nitrogens is 5. The van der Waals surface area contributed by atoms with E-state index in [0.717, 1.165) is 6.07 Å². The summed E-state index contributed by atoms with van der Waals surface area (Å²) in [6.45, 7) is 0. The van der Waals surface area contributed by atoms with Crippen LogP contribution in [0.3, 0.4) is 0 Å². The van der Waals surface area contributed by atoms with Crippen molar-refractivity contribution in [3.63, 3.8) is 0 Å². The number of hydrogen-bond donors (Lipinski definition) is 1. The normalized spacial score (nSPS) is 10.5. The Morgan fingerprint density at radius 1 is 1.30 bits per heavy atom. The summed E-state index contributed by atoms with van der Waals surface area (Å²) in [6, 6.07) is 7.36. The highest BCUT2D eigenvalue weighted by molar-refractivity contribution is 5.70. The number of halogens is 1. The zero-order chi connectivity index (χ0) is 16.4. The Hall–Kier alpha value is -3.36. The van der Waals surface area contributed by atoms with Gasteiger partial charge in [0.25, 0.3) is 0 Å². The number of rotatable bonds is 3. The molecule has 23 heavy (non-hydrogen) atoms. The third-order valence-electron chi connectivity index (χ3n) is 2.97. The van der Waals surface area contributed by atoms with Crippen molar-refractivity contribution in [1.29, 1.82) is 0 Å². The van der Waals surface area contributed by atoms with Gasteiger partial charge in [-0.25, -0.2) is 9.18 Å². The zero-order valence-corrected chi connectivity index (χ0v) is 12.0. The van der Waals surface area contributed by atoms with Crippen LogP contribution in [-0.2, 0) is 7.05 Å². The zero-order valence-electron chi connectivity index (χ0n) is 12.0. The molecule has 0 fully saturated rings. The molecule has 0 saturated carbocycles. The van der Waals surface area contributed by atoms with E-state index in [4.69, 9.17) is 5.73 Å². The summed E-state index contributed by atoms with van der Waals surface area (Å²) in [7, 11) is 1.65. The monoisotopic (exact) mass is 314 g/mol. The van der Waals surface area contributed by atoms with Gasteiger partial charge in [0.05, 0.1) is 7.05 Å². The summed E-state index contributed by atoms with van der Waals surface area (Å²) in [5.74, 6) is -0.146. The number of aryl methyl sites for hydroxylation is 1. The van der Waals surface area contributed by atoms with Crippen LogP contribution in [0.4, 0.5) is 9.18 Å². The maximum absolute atomic E-state index is 14.1. The van der Waals surface area contributed by atoms with Crippen LogP contribution in [-0.4, -0.2) is 31.3 Å². The molecule has 2 heterocycles. The number of ether oxygens (including phenoxy) is 1. The van der Waals surface area contributed by atoms with E-state index in [2.05, 4.69) is 25.1 Å². The van der Waals surface area contributed by atoms with Gasteiger partial charge in [0, 0.05) is 23.4 Å². The number of hydrogen-bond acceptors (Lipinski definition) is 6. The molecule has 2 N–H and O–H groups in total. The fourth-order valence-corrected chi connectivity index (χ4v) is 1.98. The maximum Gasteiger partial charge on any atom is 0.409 e. The summed E-state index contributed by atoms with van der Waals surface area (Å²) in [5.41, 5.74) is 6.28. The van der Waals surface area contributed by atoms with Gasteiger partial charge in [-0.05, 0) is 23.4 Å². The van der Waals surface area contributed by atoms with Crippen LogP contribution in [0.5, 0.6) is 5.75 Å². The Morgan fingerprint density at radius 2 is 2.13 bits per heavy atom. The molecular formula is C14H11FN6O2. The number of carbonyl (C=O) groups is 1. The SMILES string of the molecule is Cn1nnc(-c2ccc(-c3ccc(OC(N)=O)cc3F)cn2)n1. The summed E-state index contributed by atoms with van der Waals surface area (Å²) in [6.07, 6.45) is 0.498. The lowest BCUT2D eigenvalue weighted by molar-refractivity contribution is 0.210. The molecule has 0 spiro atoms. The molecule has 1 aromatic carbocycles. The highest BCUT2D eigenvalue weighted by atomic mass is 19.1. The Balaban J connectivity index is 1.88. The standard InChI is InChI=1S/C14H11FN6O2/c1-21-19-13(18-20-21)12-5-2-8(7-17-12)10-4-3-9(6-11(10)15)23-14(16)22/h2-7H,1H3,(H2,16,22). The fourth-order valence-electron chi connectivity index (χ4n) is 1.98. The van der Waals surface area contributed by atoms with E-state index in [1.165, 1.54) is 23.1 Å². The molecule has 3 aromatic rings. The van der Waals surface area contributed by atoms with E-state index in [-0.39, 0.29) is 5.75 Å². The van der Waals surface area contributed by atoms with Crippen LogP contribution in [0.2, 0.25) is 0 Å². The molecule has 8 nitrogen and oxygen atoms in total. The van der Waals surface area contributed by atoms with E-state index < -0.39 is 11.9 Å². The Morgan fingerprint density at radius 3 is 2.70 bits per heavy atom. The summed E-state index contributed by atoms with van der Waals surface area (Å²) in [4.78, 5) is 16.2. The third-order valence-corrected chi connectivity index (χ3v) is 2.97. The predicted molar refractivity (Wildman–Crippen MR) is 77.6 cm³/mol. The quantitative estimate of drug-likeness (QED) is 0.785. The fraction of sp³-hybridized carbons (Fsp3) is 0.0714. The second kappa shape index (κ2) is 5.79. The largest absolute Gasteiger partial charge is 0.410 e. The molecular weight excluding hydrogens is 303 g/mol. The predicted octanol–water partition coefficient (Wildman–Crippen LogP) is 1.54. The van der Waals surface area contributed by atoms with E-state index >= 15 is 0 Å². The van der Waals surface area contributed by atoms with E-state index in [1.54, 1.807) is 19.2 Å². The lowest BCUT2D eigenvalue weighted by Crippen LogP contribution is -2.16. The summed E-state index contributed by atoms with van der Waals surface area (Å²) < 4.78 is 18.7. The molecule has 0 bridgehead atoms. The van der Waals surface area contributed by atoms with Gasteiger partial charge >= 0.3 is 6.09 Å². The Labute approximate surface area is 129 Å². The van der Waals surface area contributed by atoms with Crippen molar-refractivity contribution in [2.24, 2.45) is 12.8 Å². The molecule has 0 atom stereocenters. The van der Waals surface area contributed by atoms with Crippen molar-refractivity contribution in [2.75, 3.05) is 0 Å². The lowest BCUT2D eigenvalue weighted by atomic mass is 10.1. The number of amides is 1. The summed E-state index contributed by atoms with van der Waals surface area (Å²) in [5, 5.41) is 11.6. The molecule has 0 aliphatic carbocycles. The molecule has 1 amide bonds. The van der Waals surface area contributed by atoms with Crippen LogP contribution in [0.25, 0.3) is 22.6 Å². The van der Waals surface area contributed by atoms with E-state index in [9.17, 15) is 9.18 Å². The first kappa shape index (κ1) is 14.6.